The van der Waals surface area contributed by atoms with Crippen molar-refractivity contribution < 1.29 is 0 Å². The van der Waals surface area contributed by atoms with Gasteiger partial charge in [0.25, 0.3) is 0 Å². The molecule has 0 aliphatic rings. The maximum absolute atomic E-state index is 3.89. The predicted molar refractivity (Wildman–Crippen MR) is 66.4 cm³/mol. The fourth-order valence-electron chi connectivity index (χ4n) is 1.05. The Bertz CT molecular complexity index is 362. The summed E-state index contributed by atoms with van der Waals surface area (Å²) in [6.45, 7) is 5.89. The number of alkyl halides is 1. The Morgan fingerprint density at radius 3 is 2.50 bits per heavy atom. The van der Waals surface area contributed by atoms with E-state index in [-0.39, 0.29) is 0 Å². The Balaban J connectivity index is 2.75. The molecule has 0 amide bonds. The van der Waals surface area contributed by atoms with Crippen LogP contribution in [0, 0.1) is 11.8 Å². The SMILES string of the molecule is C=C(C)c1ccc(C#CCCBr)cc1. The molecule has 0 bridgehead atoms. The maximum atomic E-state index is 3.89. The van der Waals surface area contributed by atoms with Crippen LogP contribution in [-0.4, -0.2) is 5.33 Å². The summed E-state index contributed by atoms with van der Waals surface area (Å²) < 4.78 is 0. The summed E-state index contributed by atoms with van der Waals surface area (Å²) in [5.41, 5.74) is 3.33. The van der Waals surface area contributed by atoms with Crippen LogP contribution in [0.3, 0.4) is 0 Å². The van der Waals surface area contributed by atoms with Crippen LogP contribution in [0.2, 0.25) is 0 Å². The van der Waals surface area contributed by atoms with Crippen LogP contribution in [0.5, 0.6) is 0 Å². The van der Waals surface area contributed by atoms with Gasteiger partial charge >= 0.3 is 0 Å². The molecule has 0 N–H and O–H groups in total. The van der Waals surface area contributed by atoms with Crippen molar-refractivity contribution in [2.45, 2.75) is 13.3 Å². The summed E-state index contributed by atoms with van der Waals surface area (Å²) in [7, 11) is 0. The van der Waals surface area contributed by atoms with Gasteiger partial charge in [0.1, 0.15) is 0 Å². The van der Waals surface area contributed by atoms with Gasteiger partial charge in [-0.15, -0.1) is 0 Å². The van der Waals surface area contributed by atoms with Crippen molar-refractivity contribution in [2.75, 3.05) is 5.33 Å². The summed E-state index contributed by atoms with van der Waals surface area (Å²) in [6.07, 6.45) is 0.891. The molecular formula is C13H13Br. The highest BCUT2D eigenvalue weighted by Crippen LogP contribution is 2.11. The molecule has 0 aliphatic carbocycles. The average molecular weight is 249 g/mol. The van der Waals surface area contributed by atoms with Gasteiger partial charge in [0.05, 0.1) is 0 Å². The number of rotatable bonds is 2. The van der Waals surface area contributed by atoms with Crippen LogP contribution in [0.4, 0.5) is 0 Å². The van der Waals surface area contributed by atoms with Crippen LogP contribution >= 0.6 is 15.9 Å². The molecule has 0 fully saturated rings. The summed E-state index contributed by atoms with van der Waals surface area (Å²) >= 11 is 3.34. The van der Waals surface area contributed by atoms with E-state index in [1.807, 2.05) is 19.1 Å². The Kier molecular flexibility index (Phi) is 4.49. The van der Waals surface area contributed by atoms with E-state index in [4.69, 9.17) is 0 Å². The zero-order valence-electron chi connectivity index (χ0n) is 8.31. The monoisotopic (exact) mass is 248 g/mol. The van der Waals surface area contributed by atoms with Gasteiger partial charge in [-0.3, -0.25) is 0 Å². The van der Waals surface area contributed by atoms with E-state index < -0.39 is 0 Å². The maximum Gasteiger partial charge on any atom is 0.0245 e. The third-order valence-electron chi connectivity index (χ3n) is 1.83. The molecule has 1 rings (SSSR count). The first kappa shape index (κ1) is 11.1. The fraction of sp³-hybridized carbons (Fsp3) is 0.231. The van der Waals surface area contributed by atoms with Crippen molar-refractivity contribution in [1.29, 1.82) is 0 Å². The lowest BCUT2D eigenvalue weighted by atomic mass is 10.1. The van der Waals surface area contributed by atoms with E-state index in [9.17, 15) is 0 Å². The highest BCUT2D eigenvalue weighted by molar-refractivity contribution is 9.09. The summed E-state index contributed by atoms with van der Waals surface area (Å²) in [6, 6.07) is 8.18. The number of allylic oxidation sites excluding steroid dienone is 1. The first-order valence-electron chi connectivity index (χ1n) is 4.55. The van der Waals surface area contributed by atoms with Crippen LogP contribution in [0.1, 0.15) is 24.5 Å². The third kappa shape index (κ3) is 3.40. The fourth-order valence-corrected chi connectivity index (χ4v) is 1.25. The summed E-state index contributed by atoms with van der Waals surface area (Å²) in [4.78, 5) is 0. The average Bonchev–Trinajstić information content (AvgIpc) is 2.19. The third-order valence-corrected chi connectivity index (χ3v) is 2.23. The molecule has 1 heteroatoms. The second kappa shape index (κ2) is 5.67. The van der Waals surface area contributed by atoms with E-state index in [1.54, 1.807) is 0 Å². The Morgan fingerprint density at radius 1 is 1.36 bits per heavy atom. The molecule has 0 atom stereocenters. The van der Waals surface area contributed by atoms with E-state index in [2.05, 4.69) is 46.5 Å². The molecule has 0 aromatic heterocycles. The van der Waals surface area contributed by atoms with Gasteiger partial charge in [0, 0.05) is 17.3 Å². The zero-order chi connectivity index (χ0) is 10.4. The van der Waals surface area contributed by atoms with Crippen molar-refractivity contribution in [3.63, 3.8) is 0 Å². The van der Waals surface area contributed by atoms with Crippen LogP contribution in [0.25, 0.3) is 5.57 Å². The molecule has 1 aromatic rings. The topological polar surface area (TPSA) is 0 Å². The smallest absolute Gasteiger partial charge is 0.0245 e. The van der Waals surface area contributed by atoms with E-state index >= 15 is 0 Å². The summed E-state index contributed by atoms with van der Waals surface area (Å²) in [5, 5.41) is 0.934. The molecule has 0 unspecified atom stereocenters. The van der Waals surface area contributed by atoms with Gasteiger partial charge in [-0.05, 0) is 24.6 Å². The largest absolute Gasteiger partial charge is 0.0970 e. The molecule has 0 radical (unpaired) electrons. The molecule has 0 saturated heterocycles. The van der Waals surface area contributed by atoms with Crippen molar-refractivity contribution in [3.05, 3.63) is 42.0 Å². The van der Waals surface area contributed by atoms with Gasteiger partial charge in [-0.25, -0.2) is 0 Å². The van der Waals surface area contributed by atoms with Crippen molar-refractivity contribution >= 4 is 21.5 Å². The van der Waals surface area contributed by atoms with E-state index in [0.717, 1.165) is 22.9 Å². The van der Waals surface area contributed by atoms with Crippen molar-refractivity contribution in [2.24, 2.45) is 0 Å². The first-order valence-corrected chi connectivity index (χ1v) is 5.67. The van der Waals surface area contributed by atoms with Gasteiger partial charge in [0.15, 0.2) is 0 Å². The lowest BCUT2D eigenvalue weighted by Crippen LogP contribution is -1.79. The minimum atomic E-state index is 0.891. The van der Waals surface area contributed by atoms with Gasteiger partial charge < -0.3 is 0 Å². The van der Waals surface area contributed by atoms with Crippen molar-refractivity contribution in [3.8, 4) is 11.8 Å². The standard InChI is InChI=1S/C13H13Br/c1-11(2)13-8-6-12(7-9-13)5-3-4-10-14/h6-9H,1,4,10H2,2H3. The highest BCUT2D eigenvalue weighted by atomic mass is 79.9. The molecule has 0 saturated carbocycles. The lowest BCUT2D eigenvalue weighted by Gasteiger charge is -1.98. The Hall–Kier alpha value is -1.00. The predicted octanol–water partition coefficient (Wildman–Crippen LogP) is 3.86. The molecule has 1 aromatic carbocycles. The molecule has 72 valence electrons. The van der Waals surface area contributed by atoms with Crippen LogP contribution in [0.15, 0.2) is 30.8 Å². The van der Waals surface area contributed by atoms with E-state index in [1.165, 1.54) is 5.56 Å². The molecule has 0 aliphatic heterocycles. The number of hydrogen-bond acceptors (Lipinski definition) is 0. The second-order valence-corrected chi connectivity index (χ2v) is 3.89. The van der Waals surface area contributed by atoms with Crippen molar-refractivity contribution in [1.82, 2.24) is 0 Å². The number of halogens is 1. The van der Waals surface area contributed by atoms with Gasteiger partial charge in [-0.1, -0.05) is 52.1 Å². The molecule has 0 heterocycles. The molecular weight excluding hydrogens is 236 g/mol. The number of benzene rings is 1. The lowest BCUT2D eigenvalue weighted by molar-refractivity contribution is 1.32. The Labute approximate surface area is 94.2 Å². The second-order valence-electron chi connectivity index (χ2n) is 3.10. The minimum absolute atomic E-state index is 0.891. The van der Waals surface area contributed by atoms with Crippen LogP contribution < -0.4 is 0 Å². The van der Waals surface area contributed by atoms with Crippen LogP contribution in [-0.2, 0) is 0 Å². The van der Waals surface area contributed by atoms with Gasteiger partial charge in [0.2, 0.25) is 0 Å². The molecule has 0 spiro atoms. The highest BCUT2D eigenvalue weighted by Gasteiger charge is 1.91. The minimum Gasteiger partial charge on any atom is -0.0970 e. The Morgan fingerprint density at radius 2 is 2.00 bits per heavy atom. The zero-order valence-corrected chi connectivity index (χ0v) is 9.89. The number of hydrogen-bond donors (Lipinski definition) is 0. The van der Waals surface area contributed by atoms with Gasteiger partial charge in [-0.2, -0.15) is 0 Å². The van der Waals surface area contributed by atoms with E-state index in [0.29, 0.717) is 0 Å². The molecule has 14 heavy (non-hydrogen) atoms. The first-order chi connectivity index (χ1) is 6.74. The normalized spacial score (nSPS) is 9.00. The molecule has 0 nitrogen and oxygen atoms in total. The summed E-state index contributed by atoms with van der Waals surface area (Å²) in [5.74, 6) is 6.18. The quantitative estimate of drug-likeness (QED) is 0.551.